The van der Waals surface area contributed by atoms with E-state index in [0.29, 0.717) is 16.5 Å². The van der Waals surface area contributed by atoms with Crippen molar-refractivity contribution in [1.29, 1.82) is 0 Å². The summed E-state index contributed by atoms with van der Waals surface area (Å²) in [5.41, 5.74) is 17.8. The third kappa shape index (κ3) is 4.50. The maximum absolute atomic E-state index is 12.5. The highest BCUT2D eigenvalue weighted by molar-refractivity contribution is 6.32. The molecule has 0 unspecified atom stereocenters. The summed E-state index contributed by atoms with van der Waals surface area (Å²) >= 11 is 6.24. The maximum Gasteiger partial charge on any atom is 0.284 e. The fraction of sp³-hybridized carbons (Fsp3) is 0.263. The van der Waals surface area contributed by atoms with Gasteiger partial charge in [-0.2, -0.15) is 4.99 Å². The Morgan fingerprint density at radius 3 is 2.48 bits per heavy atom. The molecule has 2 aromatic carbocycles. The SMILES string of the molecule is NC(N)=NC(=O)c1cccc(N2CCC(N)CC2)c1Oc1ccccc1Cl. The minimum absolute atomic E-state index is 0.181. The summed E-state index contributed by atoms with van der Waals surface area (Å²) < 4.78 is 6.08. The lowest BCUT2D eigenvalue weighted by molar-refractivity contribution is 0.100. The van der Waals surface area contributed by atoms with Crippen LogP contribution in [0.4, 0.5) is 5.69 Å². The zero-order valence-electron chi connectivity index (χ0n) is 14.8. The Bertz CT molecular complexity index is 859. The molecule has 6 N–H and O–H groups in total. The maximum atomic E-state index is 12.5. The van der Waals surface area contributed by atoms with Crippen molar-refractivity contribution in [2.45, 2.75) is 18.9 Å². The number of hydrogen-bond acceptors (Lipinski definition) is 4. The highest BCUT2D eigenvalue weighted by atomic mass is 35.5. The second kappa shape index (κ2) is 8.28. The summed E-state index contributed by atoms with van der Waals surface area (Å²) in [6.45, 7) is 1.53. The van der Waals surface area contributed by atoms with Gasteiger partial charge in [0.05, 0.1) is 16.3 Å². The average molecular weight is 388 g/mol. The van der Waals surface area contributed by atoms with Gasteiger partial charge in [0.15, 0.2) is 11.7 Å². The number of amides is 1. The van der Waals surface area contributed by atoms with E-state index < -0.39 is 5.91 Å². The van der Waals surface area contributed by atoms with Gasteiger partial charge in [-0.05, 0) is 37.1 Å². The van der Waals surface area contributed by atoms with Crippen LogP contribution in [0.25, 0.3) is 0 Å². The van der Waals surface area contributed by atoms with Crippen molar-refractivity contribution in [2.24, 2.45) is 22.2 Å². The Morgan fingerprint density at radius 1 is 1.11 bits per heavy atom. The molecule has 0 bridgehead atoms. The van der Waals surface area contributed by atoms with Gasteiger partial charge in [0.1, 0.15) is 5.75 Å². The first kappa shape index (κ1) is 19.0. The molecule has 3 rings (SSSR count). The lowest BCUT2D eigenvalue weighted by atomic mass is 10.0. The smallest absolute Gasteiger partial charge is 0.284 e. The molecule has 1 aliphatic rings. The fourth-order valence-electron chi connectivity index (χ4n) is 3.00. The second-order valence-corrected chi connectivity index (χ2v) is 6.76. The summed E-state index contributed by atoms with van der Waals surface area (Å²) in [5.74, 6) is -0.0687. The van der Waals surface area contributed by atoms with Crippen molar-refractivity contribution in [3.63, 3.8) is 0 Å². The van der Waals surface area contributed by atoms with Gasteiger partial charge >= 0.3 is 0 Å². The van der Waals surface area contributed by atoms with E-state index in [9.17, 15) is 4.79 Å². The van der Waals surface area contributed by atoms with Crippen LogP contribution in [0, 0.1) is 0 Å². The number of para-hydroxylation sites is 2. The number of benzene rings is 2. The highest BCUT2D eigenvalue weighted by Gasteiger charge is 2.24. The minimum Gasteiger partial charge on any atom is -0.453 e. The zero-order valence-corrected chi connectivity index (χ0v) is 15.5. The molecular formula is C19H22ClN5O2. The Hall–Kier alpha value is -2.77. The van der Waals surface area contributed by atoms with Gasteiger partial charge in [0.2, 0.25) is 0 Å². The number of ether oxygens (including phenoxy) is 1. The van der Waals surface area contributed by atoms with Crippen molar-refractivity contribution in [3.05, 3.63) is 53.1 Å². The van der Waals surface area contributed by atoms with Crippen LogP contribution in [-0.4, -0.2) is 31.0 Å². The number of aliphatic imine (C=N–C) groups is 1. The molecule has 7 nitrogen and oxygen atoms in total. The van der Waals surface area contributed by atoms with Crippen LogP contribution in [0.5, 0.6) is 11.5 Å². The molecule has 0 radical (unpaired) electrons. The first-order valence-corrected chi connectivity index (χ1v) is 9.03. The summed E-state index contributed by atoms with van der Waals surface area (Å²) in [6.07, 6.45) is 1.72. The van der Waals surface area contributed by atoms with Crippen molar-refractivity contribution < 1.29 is 9.53 Å². The third-order valence-electron chi connectivity index (χ3n) is 4.38. The van der Waals surface area contributed by atoms with E-state index >= 15 is 0 Å². The second-order valence-electron chi connectivity index (χ2n) is 6.35. The van der Waals surface area contributed by atoms with E-state index in [1.165, 1.54) is 0 Å². The van der Waals surface area contributed by atoms with Crippen LogP contribution in [0.2, 0.25) is 5.02 Å². The standard InChI is InChI=1S/C19H22ClN5O2/c20-14-5-1-2-7-16(14)27-17-13(18(26)24-19(22)23)4-3-6-15(17)25-10-8-12(21)9-11-25/h1-7,12H,8-11,21H2,(H4,22,23,24,26). The van der Waals surface area contributed by atoms with Crippen molar-refractivity contribution in [2.75, 3.05) is 18.0 Å². The van der Waals surface area contributed by atoms with Crippen LogP contribution >= 0.6 is 11.6 Å². The van der Waals surface area contributed by atoms with Gasteiger partial charge in [-0.3, -0.25) is 4.79 Å². The molecule has 1 fully saturated rings. The molecule has 0 aromatic heterocycles. The Balaban J connectivity index is 2.06. The monoisotopic (exact) mass is 387 g/mol. The number of anilines is 1. The summed E-state index contributed by atoms with van der Waals surface area (Å²) in [7, 11) is 0. The van der Waals surface area contributed by atoms with Gasteiger partial charge in [-0.1, -0.05) is 29.8 Å². The van der Waals surface area contributed by atoms with Gasteiger partial charge in [-0.15, -0.1) is 0 Å². The van der Waals surface area contributed by atoms with E-state index in [0.717, 1.165) is 31.6 Å². The minimum atomic E-state index is -0.576. The van der Waals surface area contributed by atoms with E-state index in [-0.39, 0.29) is 17.6 Å². The molecule has 1 amide bonds. The molecule has 2 aromatic rings. The van der Waals surface area contributed by atoms with Gasteiger partial charge < -0.3 is 26.8 Å². The number of carbonyl (C=O) groups is 1. The Kier molecular flexibility index (Phi) is 5.83. The van der Waals surface area contributed by atoms with Gasteiger partial charge in [0.25, 0.3) is 5.91 Å². The average Bonchev–Trinajstić information content (AvgIpc) is 2.64. The predicted octanol–water partition coefficient (Wildman–Crippen LogP) is 2.47. The molecular weight excluding hydrogens is 366 g/mol. The number of halogens is 1. The van der Waals surface area contributed by atoms with Crippen molar-refractivity contribution >= 4 is 29.2 Å². The van der Waals surface area contributed by atoms with Crippen molar-refractivity contribution in [1.82, 2.24) is 0 Å². The van der Waals surface area contributed by atoms with Crippen LogP contribution in [0.3, 0.4) is 0 Å². The summed E-state index contributed by atoms with van der Waals surface area (Å²) in [4.78, 5) is 18.3. The molecule has 1 aliphatic heterocycles. The molecule has 1 saturated heterocycles. The Morgan fingerprint density at radius 2 is 1.81 bits per heavy atom. The molecule has 142 valence electrons. The largest absolute Gasteiger partial charge is 0.453 e. The lowest BCUT2D eigenvalue weighted by Gasteiger charge is -2.33. The van der Waals surface area contributed by atoms with Crippen molar-refractivity contribution in [3.8, 4) is 11.5 Å². The number of nitrogens with two attached hydrogens (primary N) is 3. The number of rotatable bonds is 4. The first-order valence-electron chi connectivity index (χ1n) is 8.65. The van der Waals surface area contributed by atoms with Crippen LogP contribution in [0.1, 0.15) is 23.2 Å². The highest BCUT2D eigenvalue weighted by Crippen LogP contribution is 2.39. The summed E-state index contributed by atoms with van der Waals surface area (Å²) in [6, 6.07) is 12.5. The molecule has 27 heavy (non-hydrogen) atoms. The van der Waals surface area contributed by atoms with Gasteiger partial charge in [-0.25, -0.2) is 0 Å². The van der Waals surface area contributed by atoms with Crippen LogP contribution in [-0.2, 0) is 0 Å². The molecule has 0 spiro atoms. The number of hydrogen-bond donors (Lipinski definition) is 3. The number of carbonyl (C=O) groups excluding carboxylic acids is 1. The molecule has 8 heteroatoms. The number of piperidine rings is 1. The van der Waals surface area contributed by atoms with E-state index in [2.05, 4.69) is 9.89 Å². The predicted molar refractivity (Wildman–Crippen MR) is 108 cm³/mol. The first-order chi connectivity index (χ1) is 13.0. The Labute approximate surface area is 162 Å². The van der Waals surface area contributed by atoms with E-state index in [4.69, 9.17) is 33.5 Å². The molecule has 0 aliphatic carbocycles. The van der Waals surface area contributed by atoms with Crippen LogP contribution in [0.15, 0.2) is 47.5 Å². The fourth-order valence-corrected chi connectivity index (χ4v) is 3.18. The molecule has 1 heterocycles. The molecule has 0 saturated carbocycles. The normalized spacial score (nSPS) is 14.7. The van der Waals surface area contributed by atoms with E-state index in [1.54, 1.807) is 36.4 Å². The zero-order chi connectivity index (χ0) is 19.4. The topological polar surface area (TPSA) is 120 Å². The van der Waals surface area contributed by atoms with E-state index in [1.807, 2.05) is 6.07 Å². The number of nitrogens with zero attached hydrogens (tertiary/aromatic N) is 2. The van der Waals surface area contributed by atoms with Gasteiger partial charge in [0, 0.05) is 19.1 Å². The van der Waals surface area contributed by atoms with Crippen LogP contribution < -0.4 is 26.8 Å². The molecule has 0 atom stereocenters. The summed E-state index contributed by atoms with van der Waals surface area (Å²) in [5, 5.41) is 0.438. The quantitative estimate of drug-likeness (QED) is 0.547. The third-order valence-corrected chi connectivity index (χ3v) is 4.70. The lowest BCUT2D eigenvalue weighted by Crippen LogP contribution is -2.39. The number of guanidine groups is 1.